The Bertz CT molecular complexity index is 911. The average molecular weight is 374 g/mol. The van der Waals surface area contributed by atoms with Crippen LogP contribution in [0.15, 0.2) is 59.5 Å². The standard InChI is InChI=1S/C19H22N2O4S/c1-19(2,3)15-8-10-16(11-9-15)21-26(24,25)17-6-4-5-14(13-17)7-12-18(22)20-23/h4-13,21,23H,1-3H3,(H,20,22)/b12-7+. The fourth-order valence-corrected chi connectivity index (χ4v) is 3.36. The van der Waals surface area contributed by atoms with Crippen molar-refractivity contribution in [3.8, 4) is 0 Å². The topological polar surface area (TPSA) is 95.5 Å². The molecule has 6 nitrogen and oxygen atoms in total. The Balaban J connectivity index is 2.22. The van der Waals surface area contributed by atoms with E-state index in [2.05, 4.69) is 25.5 Å². The molecule has 138 valence electrons. The lowest BCUT2D eigenvalue weighted by Gasteiger charge is -2.19. The van der Waals surface area contributed by atoms with Gasteiger partial charge in [-0.1, -0.05) is 45.0 Å². The Morgan fingerprint density at radius 2 is 1.73 bits per heavy atom. The Morgan fingerprint density at radius 1 is 1.08 bits per heavy atom. The van der Waals surface area contributed by atoms with Crippen LogP contribution in [0, 0.1) is 0 Å². The van der Waals surface area contributed by atoms with Gasteiger partial charge in [-0.25, -0.2) is 13.9 Å². The van der Waals surface area contributed by atoms with Gasteiger partial charge >= 0.3 is 0 Å². The van der Waals surface area contributed by atoms with Crippen molar-refractivity contribution >= 4 is 27.7 Å². The predicted octanol–water partition coefficient (Wildman–Crippen LogP) is 3.30. The molecule has 7 heteroatoms. The molecule has 0 aliphatic carbocycles. The Kier molecular flexibility index (Phi) is 5.84. The van der Waals surface area contributed by atoms with Gasteiger partial charge < -0.3 is 0 Å². The summed E-state index contributed by atoms with van der Waals surface area (Å²) in [7, 11) is -3.76. The summed E-state index contributed by atoms with van der Waals surface area (Å²) in [5, 5.41) is 8.47. The van der Waals surface area contributed by atoms with E-state index in [9.17, 15) is 13.2 Å². The number of benzene rings is 2. The van der Waals surface area contributed by atoms with Crippen molar-refractivity contribution in [2.45, 2.75) is 31.1 Å². The zero-order valence-electron chi connectivity index (χ0n) is 14.9. The zero-order chi connectivity index (χ0) is 19.4. The predicted molar refractivity (Wildman–Crippen MR) is 101 cm³/mol. The summed E-state index contributed by atoms with van der Waals surface area (Å²) in [6.07, 6.45) is 2.51. The smallest absolute Gasteiger partial charge is 0.267 e. The molecule has 26 heavy (non-hydrogen) atoms. The van der Waals surface area contributed by atoms with Crippen molar-refractivity contribution in [3.05, 3.63) is 65.7 Å². The number of carbonyl (C=O) groups is 1. The van der Waals surface area contributed by atoms with E-state index in [0.29, 0.717) is 11.3 Å². The van der Waals surface area contributed by atoms with Gasteiger partial charge in [0.2, 0.25) is 0 Å². The molecular formula is C19H22N2O4S. The number of sulfonamides is 1. The van der Waals surface area contributed by atoms with Gasteiger partial charge in [-0.2, -0.15) is 0 Å². The molecule has 0 saturated carbocycles. The highest BCUT2D eigenvalue weighted by atomic mass is 32.2. The van der Waals surface area contributed by atoms with Gasteiger partial charge in [-0.3, -0.25) is 14.7 Å². The maximum absolute atomic E-state index is 12.6. The Hall–Kier alpha value is -2.64. The van der Waals surface area contributed by atoms with Crippen molar-refractivity contribution in [2.24, 2.45) is 0 Å². The highest BCUT2D eigenvalue weighted by Crippen LogP contribution is 2.24. The van der Waals surface area contributed by atoms with E-state index in [4.69, 9.17) is 5.21 Å². The number of hydrogen-bond acceptors (Lipinski definition) is 4. The van der Waals surface area contributed by atoms with Gasteiger partial charge in [0.15, 0.2) is 0 Å². The molecule has 0 aromatic heterocycles. The number of anilines is 1. The van der Waals surface area contributed by atoms with E-state index in [0.717, 1.165) is 11.6 Å². The highest BCUT2D eigenvalue weighted by Gasteiger charge is 2.16. The quantitative estimate of drug-likeness (QED) is 0.425. The van der Waals surface area contributed by atoms with E-state index < -0.39 is 15.9 Å². The van der Waals surface area contributed by atoms with Gasteiger partial charge in [0.25, 0.3) is 15.9 Å². The second-order valence-corrected chi connectivity index (χ2v) is 8.50. The Labute approximate surface area is 153 Å². The Morgan fingerprint density at radius 3 is 2.31 bits per heavy atom. The second kappa shape index (κ2) is 7.72. The fraction of sp³-hybridized carbons (Fsp3) is 0.211. The van der Waals surface area contributed by atoms with Crippen LogP contribution in [0.4, 0.5) is 5.69 Å². The van der Waals surface area contributed by atoms with Crippen LogP contribution < -0.4 is 10.2 Å². The molecule has 2 aromatic rings. The van der Waals surface area contributed by atoms with Gasteiger partial charge in [0, 0.05) is 11.8 Å². The van der Waals surface area contributed by atoms with Gasteiger partial charge in [0.05, 0.1) is 4.90 Å². The number of amides is 1. The monoisotopic (exact) mass is 374 g/mol. The average Bonchev–Trinajstić information content (AvgIpc) is 2.59. The minimum absolute atomic E-state index is 0.0149. The van der Waals surface area contributed by atoms with Crippen LogP contribution in [0.1, 0.15) is 31.9 Å². The van der Waals surface area contributed by atoms with Gasteiger partial charge in [-0.05, 0) is 46.9 Å². The molecule has 2 rings (SSSR count). The lowest BCUT2D eigenvalue weighted by atomic mass is 9.87. The lowest BCUT2D eigenvalue weighted by Crippen LogP contribution is -2.15. The molecule has 0 aliphatic heterocycles. The summed E-state index contributed by atoms with van der Waals surface area (Å²) in [6.45, 7) is 6.26. The first-order valence-corrected chi connectivity index (χ1v) is 9.46. The number of hydroxylamine groups is 1. The van der Waals surface area contributed by atoms with Crippen LogP contribution in [0.2, 0.25) is 0 Å². The SMILES string of the molecule is CC(C)(C)c1ccc(NS(=O)(=O)c2cccc(/C=C/C(=O)NO)c2)cc1. The summed E-state index contributed by atoms with van der Waals surface area (Å²) in [5.41, 5.74) is 3.55. The molecule has 0 spiro atoms. The molecule has 0 unspecified atom stereocenters. The molecule has 2 aromatic carbocycles. The lowest BCUT2D eigenvalue weighted by molar-refractivity contribution is -0.124. The summed E-state index contributed by atoms with van der Waals surface area (Å²) in [5.74, 6) is -0.699. The van der Waals surface area contributed by atoms with E-state index in [1.165, 1.54) is 23.7 Å². The maximum Gasteiger partial charge on any atom is 0.267 e. The minimum atomic E-state index is -3.76. The first-order valence-electron chi connectivity index (χ1n) is 7.97. The first kappa shape index (κ1) is 19.7. The second-order valence-electron chi connectivity index (χ2n) is 6.81. The van der Waals surface area contributed by atoms with Crippen LogP contribution in [-0.4, -0.2) is 19.5 Å². The molecule has 0 radical (unpaired) electrons. The molecule has 0 bridgehead atoms. The van der Waals surface area contributed by atoms with E-state index in [1.807, 2.05) is 12.1 Å². The molecule has 0 fully saturated rings. The summed E-state index contributed by atoms with van der Waals surface area (Å²) < 4.78 is 27.7. The van der Waals surface area contributed by atoms with Crippen LogP contribution in [0.5, 0.6) is 0 Å². The van der Waals surface area contributed by atoms with Gasteiger partial charge in [0.1, 0.15) is 0 Å². The maximum atomic E-state index is 12.6. The summed E-state index contributed by atoms with van der Waals surface area (Å²) in [6, 6.07) is 13.4. The number of nitrogens with one attached hydrogen (secondary N) is 2. The molecule has 0 saturated heterocycles. The number of rotatable bonds is 5. The molecule has 0 atom stereocenters. The third-order valence-corrected chi connectivity index (χ3v) is 5.09. The highest BCUT2D eigenvalue weighted by molar-refractivity contribution is 7.92. The third kappa shape index (κ3) is 5.18. The first-order chi connectivity index (χ1) is 12.1. The summed E-state index contributed by atoms with van der Waals surface area (Å²) >= 11 is 0. The largest absolute Gasteiger partial charge is 0.288 e. The normalized spacial score (nSPS) is 12.2. The van der Waals surface area contributed by atoms with Crippen molar-refractivity contribution in [1.82, 2.24) is 5.48 Å². The molecule has 0 aliphatic rings. The fourth-order valence-electron chi connectivity index (χ4n) is 2.25. The molecule has 1 amide bonds. The van der Waals surface area contributed by atoms with Crippen molar-refractivity contribution < 1.29 is 18.4 Å². The van der Waals surface area contributed by atoms with Crippen molar-refractivity contribution in [3.63, 3.8) is 0 Å². The van der Waals surface area contributed by atoms with Crippen molar-refractivity contribution in [2.75, 3.05) is 4.72 Å². The van der Waals surface area contributed by atoms with E-state index in [1.54, 1.807) is 24.3 Å². The van der Waals surface area contributed by atoms with E-state index >= 15 is 0 Å². The van der Waals surface area contributed by atoms with Crippen molar-refractivity contribution in [1.29, 1.82) is 0 Å². The van der Waals surface area contributed by atoms with E-state index in [-0.39, 0.29) is 10.3 Å². The van der Waals surface area contributed by atoms with Crippen LogP contribution in [0.25, 0.3) is 6.08 Å². The number of carbonyl (C=O) groups excluding carboxylic acids is 1. The van der Waals surface area contributed by atoms with Crippen LogP contribution in [0.3, 0.4) is 0 Å². The zero-order valence-corrected chi connectivity index (χ0v) is 15.7. The summed E-state index contributed by atoms with van der Waals surface area (Å²) in [4.78, 5) is 11.1. The molecule has 3 N–H and O–H groups in total. The minimum Gasteiger partial charge on any atom is -0.288 e. The molecule has 0 heterocycles. The number of hydrogen-bond donors (Lipinski definition) is 3. The molecular weight excluding hydrogens is 352 g/mol. The van der Waals surface area contributed by atoms with Crippen LogP contribution >= 0.6 is 0 Å². The van der Waals surface area contributed by atoms with Crippen LogP contribution in [-0.2, 0) is 20.2 Å². The van der Waals surface area contributed by atoms with Gasteiger partial charge in [-0.15, -0.1) is 0 Å². The third-order valence-electron chi connectivity index (χ3n) is 3.71.